The fraction of sp³-hybridized carbons (Fsp3) is 0.462. The van der Waals surface area contributed by atoms with Crippen molar-refractivity contribution in [3.63, 3.8) is 0 Å². The molecule has 1 aromatic heterocycles. The van der Waals surface area contributed by atoms with Crippen molar-refractivity contribution in [1.82, 2.24) is 20.5 Å². The molecule has 2 aromatic rings. The highest BCUT2D eigenvalue weighted by Crippen LogP contribution is 2.48. The van der Waals surface area contributed by atoms with Crippen LogP contribution >= 0.6 is 23.2 Å². The number of aliphatic carboxylic acids is 1. The van der Waals surface area contributed by atoms with Crippen LogP contribution in [0.4, 0.5) is 0 Å². The molecular formula is C26H30Cl2N4O5. The number of likely N-dealkylation sites (tertiary alicyclic amines) is 1. The van der Waals surface area contributed by atoms with Crippen LogP contribution in [0.15, 0.2) is 36.5 Å². The second-order valence-electron chi connectivity index (χ2n) is 9.65. The van der Waals surface area contributed by atoms with E-state index in [0.29, 0.717) is 23.6 Å². The van der Waals surface area contributed by atoms with Gasteiger partial charge in [-0.3, -0.25) is 14.4 Å². The molecule has 11 heteroatoms. The molecule has 0 radical (unpaired) electrons. The Morgan fingerprint density at radius 3 is 2.70 bits per heavy atom. The van der Waals surface area contributed by atoms with Gasteiger partial charge in [-0.25, -0.2) is 4.98 Å². The van der Waals surface area contributed by atoms with Gasteiger partial charge in [-0.15, -0.1) is 0 Å². The van der Waals surface area contributed by atoms with Crippen molar-refractivity contribution in [3.05, 3.63) is 57.7 Å². The van der Waals surface area contributed by atoms with Gasteiger partial charge in [0.1, 0.15) is 5.02 Å². The minimum absolute atomic E-state index is 0.0523. The number of halogens is 2. The first-order valence-electron chi connectivity index (χ1n) is 12.3. The monoisotopic (exact) mass is 548 g/mol. The van der Waals surface area contributed by atoms with E-state index in [1.807, 2.05) is 13.0 Å². The summed E-state index contributed by atoms with van der Waals surface area (Å²) in [5.74, 6) is -1.13. The molecular weight excluding hydrogens is 519 g/mol. The normalized spacial score (nSPS) is 18.8. The van der Waals surface area contributed by atoms with Crippen LogP contribution in [0.1, 0.15) is 48.5 Å². The maximum absolute atomic E-state index is 12.9. The van der Waals surface area contributed by atoms with Crippen molar-refractivity contribution >= 4 is 41.0 Å². The average Bonchev–Trinajstić information content (AvgIpc) is 2.83. The molecule has 0 bridgehead atoms. The van der Waals surface area contributed by atoms with Gasteiger partial charge in [-0.1, -0.05) is 42.3 Å². The molecule has 4 rings (SSSR count). The van der Waals surface area contributed by atoms with Crippen molar-refractivity contribution in [2.24, 2.45) is 5.41 Å². The van der Waals surface area contributed by atoms with Crippen molar-refractivity contribution < 1.29 is 24.2 Å². The first-order valence-corrected chi connectivity index (χ1v) is 13.0. The summed E-state index contributed by atoms with van der Waals surface area (Å²) in [5, 5.41) is 15.5. The van der Waals surface area contributed by atoms with E-state index in [9.17, 15) is 14.4 Å². The fourth-order valence-corrected chi connectivity index (χ4v) is 5.29. The Labute approximate surface area is 225 Å². The third kappa shape index (κ3) is 6.52. The van der Waals surface area contributed by atoms with Crippen LogP contribution in [0.2, 0.25) is 10.0 Å². The predicted molar refractivity (Wildman–Crippen MR) is 139 cm³/mol. The molecule has 2 atom stereocenters. The lowest BCUT2D eigenvalue weighted by Crippen LogP contribution is -2.70. The van der Waals surface area contributed by atoms with E-state index in [2.05, 4.69) is 20.5 Å². The van der Waals surface area contributed by atoms with Gasteiger partial charge >= 0.3 is 5.97 Å². The maximum atomic E-state index is 12.9. The Balaban J connectivity index is 1.28. The van der Waals surface area contributed by atoms with Gasteiger partial charge in [0.2, 0.25) is 5.88 Å². The summed E-state index contributed by atoms with van der Waals surface area (Å²) >= 11 is 12.0. The number of hydrogen-bond donors (Lipinski definition) is 3. The molecule has 198 valence electrons. The largest absolute Gasteiger partial charge is 0.481 e. The van der Waals surface area contributed by atoms with Gasteiger partial charge < -0.3 is 25.4 Å². The summed E-state index contributed by atoms with van der Waals surface area (Å²) < 4.78 is 5.68. The smallest absolute Gasteiger partial charge is 0.304 e. The minimum Gasteiger partial charge on any atom is -0.481 e. The molecule has 1 saturated heterocycles. The van der Waals surface area contributed by atoms with Gasteiger partial charge in [0.15, 0.2) is 6.10 Å². The lowest BCUT2D eigenvalue weighted by atomic mass is 9.59. The first kappa shape index (κ1) is 27.2. The topological polar surface area (TPSA) is 121 Å². The molecule has 1 saturated carbocycles. The number of pyridine rings is 1. The Morgan fingerprint density at radius 1 is 1.27 bits per heavy atom. The summed E-state index contributed by atoms with van der Waals surface area (Å²) in [6.07, 6.45) is 3.10. The van der Waals surface area contributed by atoms with Crippen LogP contribution in [0.25, 0.3) is 0 Å². The average molecular weight is 549 g/mol. The fourth-order valence-electron chi connectivity index (χ4n) is 4.87. The summed E-state index contributed by atoms with van der Waals surface area (Å²) in [5.41, 5.74) is 1.36. The zero-order valence-electron chi connectivity index (χ0n) is 20.5. The third-order valence-corrected chi connectivity index (χ3v) is 7.52. The number of carbonyl (C=O) groups excluding carboxylic acids is 2. The summed E-state index contributed by atoms with van der Waals surface area (Å²) in [4.78, 5) is 42.6. The van der Waals surface area contributed by atoms with Crippen molar-refractivity contribution in [3.8, 4) is 5.88 Å². The lowest BCUT2D eigenvalue weighted by molar-refractivity contribution is -0.139. The number of aromatic nitrogens is 1. The van der Waals surface area contributed by atoms with E-state index in [1.165, 1.54) is 12.3 Å². The molecule has 2 fully saturated rings. The number of benzene rings is 1. The Bertz CT molecular complexity index is 1170. The number of carboxylic acids is 1. The number of carbonyl (C=O) groups is 3. The quantitative estimate of drug-likeness (QED) is 0.392. The molecule has 1 aliphatic carbocycles. The second-order valence-corrected chi connectivity index (χ2v) is 10.5. The molecule has 1 spiro atoms. The van der Waals surface area contributed by atoms with Gasteiger partial charge in [0, 0.05) is 49.4 Å². The van der Waals surface area contributed by atoms with E-state index >= 15 is 0 Å². The number of amides is 2. The van der Waals surface area contributed by atoms with Gasteiger partial charge in [0.05, 0.1) is 11.4 Å². The zero-order valence-corrected chi connectivity index (χ0v) is 22.0. The van der Waals surface area contributed by atoms with E-state index < -0.39 is 12.1 Å². The van der Waals surface area contributed by atoms with E-state index in [1.54, 1.807) is 18.2 Å². The number of ether oxygens (including phenoxy) is 1. The van der Waals surface area contributed by atoms with Crippen LogP contribution in [0.3, 0.4) is 0 Å². The van der Waals surface area contributed by atoms with Gasteiger partial charge in [-0.05, 0) is 43.0 Å². The highest BCUT2D eigenvalue weighted by molar-refractivity contribution is 6.35. The van der Waals surface area contributed by atoms with Crippen LogP contribution in [-0.2, 0) is 16.1 Å². The van der Waals surface area contributed by atoms with Crippen LogP contribution in [0.5, 0.6) is 5.88 Å². The Kier molecular flexibility index (Phi) is 8.56. The lowest BCUT2D eigenvalue weighted by Gasteiger charge is -2.60. The molecule has 2 amide bonds. The van der Waals surface area contributed by atoms with Crippen molar-refractivity contribution in [2.45, 2.75) is 51.3 Å². The maximum Gasteiger partial charge on any atom is 0.304 e. The molecule has 2 unspecified atom stereocenters. The highest BCUT2D eigenvalue weighted by Gasteiger charge is 2.54. The number of nitrogens with one attached hydrogen (secondary N) is 2. The molecule has 2 heterocycles. The number of nitrogens with zero attached hydrogens (tertiary/aromatic N) is 2. The predicted octanol–water partition coefficient (Wildman–Crippen LogP) is 3.53. The van der Waals surface area contributed by atoms with Gasteiger partial charge in [0.25, 0.3) is 11.8 Å². The van der Waals surface area contributed by atoms with Crippen LogP contribution in [0, 0.1) is 5.41 Å². The van der Waals surface area contributed by atoms with Crippen LogP contribution in [-0.4, -0.2) is 64.6 Å². The SMILES string of the molecule is CCC(Oc1ncc(Cl)cc1Cl)C(=O)NCc1cccc(C(=O)NC2CCC23CN(CCC(=O)O)C3)c1. The van der Waals surface area contributed by atoms with Crippen molar-refractivity contribution in [1.29, 1.82) is 0 Å². The zero-order chi connectivity index (χ0) is 26.6. The second kappa shape index (κ2) is 11.7. The summed E-state index contributed by atoms with van der Waals surface area (Å²) in [6, 6.07) is 8.72. The number of rotatable bonds is 11. The number of hydrogen-bond acceptors (Lipinski definition) is 6. The van der Waals surface area contributed by atoms with Gasteiger partial charge in [-0.2, -0.15) is 0 Å². The molecule has 2 aliphatic rings. The number of carboxylic acid groups (broad SMARTS) is 1. The van der Waals surface area contributed by atoms with E-state index in [0.717, 1.165) is 31.5 Å². The molecule has 3 N–H and O–H groups in total. The Hall–Kier alpha value is -2.88. The van der Waals surface area contributed by atoms with Crippen LogP contribution < -0.4 is 15.4 Å². The molecule has 1 aromatic carbocycles. The highest BCUT2D eigenvalue weighted by atomic mass is 35.5. The third-order valence-electron chi connectivity index (χ3n) is 7.04. The molecule has 9 nitrogen and oxygen atoms in total. The van der Waals surface area contributed by atoms with Crippen molar-refractivity contribution in [2.75, 3.05) is 19.6 Å². The minimum atomic E-state index is -0.795. The Morgan fingerprint density at radius 2 is 2.05 bits per heavy atom. The first-order chi connectivity index (χ1) is 17.7. The summed E-state index contributed by atoms with van der Waals surface area (Å²) in [7, 11) is 0. The molecule has 37 heavy (non-hydrogen) atoms. The standard InChI is InChI=1S/C26H30Cl2N4O5/c1-2-20(37-25-19(28)11-18(27)13-30-25)24(36)29-12-16-4-3-5-17(10-16)23(35)31-21-6-8-26(21)14-32(15-26)9-7-22(33)34/h3-5,10-11,13,20-21H,2,6-9,12,14-15H2,1H3,(H,29,36)(H,31,35)(H,33,34). The summed E-state index contributed by atoms with van der Waals surface area (Å²) in [6.45, 7) is 4.22. The molecule has 1 aliphatic heterocycles. The van der Waals surface area contributed by atoms with E-state index in [-0.39, 0.29) is 47.1 Å². The van der Waals surface area contributed by atoms with E-state index in [4.69, 9.17) is 33.0 Å².